The third-order valence-corrected chi connectivity index (χ3v) is 5.83. The van der Waals surface area contributed by atoms with E-state index in [1.54, 1.807) is 0 Å². The molecular formula is C19H32N2S. The Morgan fingerprint density at radius 2 is 1.68 bits per heavy atom. The van der Waals surface area contributed by atoms with Gasteiger partial charge in [-0.2, -0.15) is 0 Å². The summed E-state index contributed by atoms with van der Waals surface area (Å²) in [7, 11) is 4.58. The second kappa shape index (κ2) is 10.3. The average molecular weight is 321 g/mol. The second-order valence-electron chi connectivity index (χ2n) is 6.59. The molecule has 0 heterocycles. The average Bonchev–Trinajstić information content (AvgIpc) is 2.58. The number of thioether (sulfide) groups is 1. The molecule has 0 aromatic heterocycles. The topological polar surface area (TPSA) is 6.48 Å². The summed E-state index contributed by atoms with van der Waals surface area (Å²) in [6.45, 7) is 3.62. The Bertz CT molecular complexity index is 390. The number of nitrogens with zero attached hydrogens (tertiary/aromatic N) is 2. The van der Waals surface area contributed by atoms with Gasteiger partial charge in [0.25, 0.3) is 0 Å². The minimum absolute atomic E-state index is 0.843. The van der Waals surface area contributed by atoms with E-state index in [0.717, 1.165) is 6.04 Å². The fraction of sp³-hybridized carbons (Fsp3) is 0.684. The molecule has 2 nitrogen and oxygen atoms in total. The van der Waals surface area contributed by atoms with Crippen LogP contribution in [-0.4, -0.2) is 55.3 Å². The van der Waals surface area contributed by atoms with Crippen molar-refractivity contribution in [1.29, 1.82) is 0 Å². The molecule has 124 valence electrons. The van der Waals surface area contributed by atoms with E-state index in [4.69, 9.17) is 0 Å². The maximum absolute atomic E-state index is 2.59. The van der Waals surface area contributed by atoms with Gasteiger partial charge in [0.2, 0.25) is 0 Å². The number of hydrogen-bond donors (Lipinski definition) is 0. The van der Waals surface area contributed by atoms with E-state index in [-0.39, 0.29) is 0 Å². The molecule has 0 unspecified atom stereocenters. The van der Waals surface area contributed by atoms with Crippen molar-refractivity contribution >= 4 is 11.8 Å². The van der Waals surface area contributed by atoms with Gasteiger partial charge in [-0.05, 0) is 57.8 Å². The van der Waals surface area contributed by atoms with Crippen LogP contribution in [0.5, 0.6) is 0 Å². The Labute approximate surface area is 141 Å². The lowest BCUT2D eigenvalue weighted by Gasteiger charge is -2.32. The van der Waals surface area contributed by atoms with Gasteiger partial charge in [0, 0.05) is 24.0 Å². The first kappa shape index (κ1) is 17.8. The van der Waals surface area contributed by atoms with Gasteiger partial charge in [-0.3, -0.25) is 0 Å². The standard InChI is InChI=1S/C19H32N2S/c1-20(14-9-17-22-19-12-7-4-8-13-19)15-16-21(2)18-10-5-3-6-11-18/h4,7-8,12-13,18H,3,5-6,9-11,14-17H2,1-2H3. The van der Waals surface area contributed by atoms with Gasteiger partial charge in [-0.25, -0.2) is 0 Å². The van der Waals surface area contributed by atoms with Gasteiger partial charge >= 0.3 is 0 Å². The van der Waals surface area contributed by atoms with Crippen LogP contribution in [0.25, 0.3) is 0 Å². The van der Waals surface area contributed by atoms with Gasteiger partial charge < -0.3 is 9.80 Å². The number of rotatable bonds is 9. The Hall–Kier alpha value is -0.510. The first-order chi connectivity index (χ1) is 10.8. The van der Waals surface area contributed by atoms with Crippen molar-refractivity contribution in [2.75, 3.05) is 39.5 Å². The molecule has 0 N–H and O–H groups in total. The van der Waals surface area contributed by atoms with E-state index in [1.807, 2.05) is 11.8 Å². The molecule has 0 saturated heterocycles. The van der Waals surface area contributed by atoms with E-state index in [0.29, 0.717) is 0 Å². The third kappa shape index (κ3) is 6.72. The molecule has 0 atom stereocenters. The summed E-state index contributed by atoms with van der Waals surface area (Å²) < 4.78 is 0. The molecular weight excluding hydrogens is 288 g/mol. The fourth-order valence-electron chi connectivity index (χ4n) is 3.19. The summed E-state index contributed by atoms with van der Waals surface area (Å²) >= 11 is 1.97. The molecule has 1 aromatic carbocycles. The van der Waals surface area contributed by atoms with Crippen LogP contribution in [0.1, 0.15) is 38.5 Å². The van der Waals surface area contributed by atoms with Crippen molar-refractivity contribution in [2.45, 2.75) is 49.5 Å². The molecule has 0 bridgehead atoms. The van der Waals surface area contributed by atoms with Gasteiger partial charge in [0.05, 0.1) is 0 Å². The highest BCUT2D eigenvalue weighted by Crippen LogP contribution is 2.21. The highest BCUT2D eigenvalue weighted by atomic mass is 32.2. The van der Waals surface area contributed by atoms with Crippen LogP contribution < -0.4 is 0 Å². The summed E-state index contributed by atoms with van der Waals surface area (Å²) in [6, 6.07) is 11.6. The highest BCUT2D eigenvalue weighted by molar-refractivity contribution is 7.99. The summed E-state index contributed by atoms with van der Waals surface area (Å²) in [4.78, 5) is 6.47. The maximum Gasteiger partial charge on any atom is 0.0109 e. The molecule has 22 heavy (non-hydrogen) atoms. The zero-order chi connectivity index (χ0) is 15.6. The third-order valence-electron chi connectivity index (χ3n) is 4.73. The molecule has 0 spiro atoms. The van der Waals surface area contributed by atoms with Crippen molar-refractivity contribution in [1.82, 2.24) is 9.80 Å². The van der Waals surface area contributed by atoms with Crippen molar-refractivity contribution in [3.8, 4) is 0 Å². The van der Waals surface area contributed by atoms with Gasteiger partial charge in [-0.1, -0.05) is 37.5 Å². The monoisotopic (exact) mass is 320 g/mol. The predicted molar refractivity (Wildman–Crippen MR) is 98.8 cm³/mol. The Kier molecular flexibility index (Phi) is 8.35. The quantitative estimate of drug-likeness (QED) is 0.493. The molecule has 0 aliphatic heterocycles. The van der Waals surface area contributed by atoms with Crippen LogP contribution in [0.15, 0.2) is 35.2 Å². The largest absolute Gasteiger partial charge is 0.305 e. The van der Waals surface area contributed by atoms with Crippen molar-refractivity contribution in [3.63, 3.8) is 0 Å². The molecule has 0 radical (unpaired) electrons. The summed E-state index contributed by atoms with van der Waals surface area (Å²) in [5, 5.41) is 0. The molecule has 1 aliphatic rings. The molecule has 1 aliphatic carbocycles. The number of benzene rings is 1. The minimum Gasteiger partial charge on any atom is -0.305 e. The predicted octanol–water partition coefficient (Wildman–Crippen LogP) is 4.37. The van der Waals surface area contributed by atoms with Crippen molar-refractivity contribution < 1.29 is 0 Å². The van der Waals surface area contributed by atoms with Crippen molar-refractivity contribution in [2.24, 2.45) is 0 Å². The van der Waals surface area contributed by atoms with E-state index in [2.05, 4.69) is 54.2 Å². The summed E-state index contributed by atoms with van der Waals surface area (Å²) in [5.74, 6) is 1.22. The second-order valence-corrected chi connectivity index (χ2v) is 7.76. The Morgan fingerprint density at radius 1 is 0.955 bits per heavy atom. The Morgan fingerprint density at radius 3 is 2.41 bits per heavy atom. The van der Waals surface area contributed by atoms with E-state index < -0.39 is 0 Å². The normalized spacial score (nSPS) is 16.5. The lowest BCUT2D eigenvalue weighted by Crippen LogP contribution is -2.38. The van der Waals surface area contributed by atoms with E-state index >= 15 is 0 Å². The summed E-state index contributed by atoms with van der Waals surface area (Å²) in [6.07, 6.45) is 8.40. The smallest absolute Gasteiger partial charge is 0.0109 e. The minimum atomic E-state index is 0.843. The Balaban J connectivity index is 1.53. The lowest BCUT2D eigenvalue weighted by atomic mass is 9.94. The SMILES string of the molecule is CN(CCCSc1ccccc1)CCN(C)C1CCCCC1. The van der Waals surface area contributed by atoms with Gasteiger partial charge in [-0.15, -0.1) is 11.8 Å². The molecule has 1 aromatic rings. The van der Waals surface area contributed by atoms with Crippen LogP contribution in [0.4, 0.5) is 0 Å². The van der Waals surface area contributed by atoms with Crippen molar-refractivity contribution in [3.05, 3.63) is 30.3 Å². The first-order valence-electron chi connectivity index (χ1n) is 8.82. The molecule has 0 amide bonds. The van der Waals surface area contributed by atoms with Gasteiger partial charge in [0.1, 0.15) is 0 Å². The lowest BCUT2D eigenvalue weighted by molar-refractivity contribution is 0.170. The van der Waals surface area contributed by atoms with Crippen LogP contribution in [0.2, 0.25) is 0 Å². The molecule has 1 saturated carbocycles. The molecule has 1 fully saturated rings. The maximum atomic E-state index is 2.59. The van der Waals surface area contributed by atoms with Crippen LogP contribution >= 0.6 is 11.8 Å². The highest BCUT2D eigenvalue weighted by Gasteiger charge is 2.17. The van der Waals surface area contributed by atoms with Gasteiger partial charge in [0.15, 0.2) is 0 Å². The molecule has 2 rings (SSSR count). The van der Waals surface area contributed by atoms with Crippen LogP contribution in [0.3, 0.4) is 0 Å². The van der Waals surface area contributed by atoms with Crippen LogP contribution in [0, 0.1) is 0 Å². The first-order valence-corrected chi connectivity index (χ1v) is 9.81. The zero-order valence-corrected chi connectivity index (χ0v) is 15.2. The zero-order valence-electron chi connectivity index (χ0n) is 14.3. The van der Waals surface area contributed by atoms with E-state index in [1.165, 1.54) is 68.8 Å². The van der Waals surface area contributed by atoms with E-state index in [9.17, 15) is 0 Å². The van der Waals surface area contributed by atoms with Crippen LogP contribution in [-0.2, 0) is 0 Å². The molecule has 3 heteroatoms. The summed E-state index contributed by atoms with van der Waals surface area (Å²) in [5.41, 5.74) is 0. The number of hydrogen-bond acceptors (Lipinski definition) is 3. The number of likely N-dealkylation sites (N-methyl/N-ethyl adjacent to an activating group) is 2. The fourth-order valence-corrected chi connectivity index (χ4v) is 4.04.